The number of carbonyl (C=O) groups excluding carboxylic acids is 1. The number of amides is 1. The summed E-state index contributed by atoms with van der Waals surface area (Å²) in [5.41, 5.74) is 2.97. The molecule has 1 aromatic carbocycles. The standard InChI is InChI=1S/C20H22N2O2/c23-20(22-17-5-6-17)16-7-9-21-18(13-16)12-14-8-10-24-19-4-2-1-3-15(19)11-14/h1-4,7,9,13-14,17H,5-6,8,10-12H2,(H,22,23)/t14-/m0/s1. The van der Waals surface area contributed by atoms with E-state index in [4.69, 9.17) is 4.74 Å². The Labute approximate surface area is 142 Å². The number of rotatable bonds is 4. The fourth-order valence-corrected chi connectivity index (χ4v) is 3.26. The molecule has 0 unspecified atom stereocenters. The topological polar surface area (TPSA) is 51.2 Å². The number of ether oxygens (including phenoxy) is 1. The van der Waals surface area contributed by atoms with Gasteiger partial charge in [-0.05, 0) is 61.8 Å². The molecular weight excluding hydrogens is 300 g/mol. The number of para-hydroxylation sites is 1. The quantitative estimate of drug-likeness (QED) is 0.941. The summed E-state index contributed by atoms with van der Waals surface area (Å²) in [5.74, 6) is 1.52. The third kappa shape index (κ3) is 3.58. The van der Waals surface area contributed by atoms with Crippen molar-refractivity contribution < 1.29 is 9.53 Å². The van der Waals surface area contributed by atoms with E-state index in [0.29, 0.717) is 12.0 Å². The zero-order chi connectivity index (χ0) is 16.4. The van der Waals surface area contributed by atoms with Crippen molar-refractivity contribution in [3.63, 3.8) is 0 Å². The first-order valence-electron chi connectivity index (χ1n) is 8.74. The Balaban J connectivity index is 1.46. The fourth-order valence-electron chi connectivity index (χ4n) is 3.26. The van der Waals surface area contributed by atoms with Gasteiger partial charge in [0.25, 0.3) is 5.91 Å². The van der Waals surface area contributed by atoms with Gasteiger partial charge in [-0.25, -0.2) is 0 Å². The van der Waals surface area contributed by atoms with Crippen molar-refractivity contribution in [2.45, 2.75) is 38.1 Å². The first-order chi connectivity index (χ1) is 11.8. The Morgan fingerprint density at radius 2 is 2.08 bits per heavy atom. The van der Waals surface area contributed by atoms with Gasteiger partial charge in [-0.1, -0.05) is 18.2 Å². The number of hydrogen-bond acceptors (Lipinski definition) is 3. The highest BCUT2D eigenvalue weighted by atomic mass is 16.5. The molecule has 1 aliphatic carbocycles. The molecule has 1 amide bonds. The lowest BCUT2D eigenvalue weighted by Gasteiger charge is -2.13. The minimum atomic E-state index is 0.0238. The number of aromatic nitrogens is 1. The summed E-state index contributed by atoms with van der Waals surface area (Å²) in [6, 6.07) is 12.4. The number of fused-ring (bicyclic) bond motifs is 1. The van der Waals surface area contributed by atoms with Crippen LogP contribution >= 0.6 is 0 Å². The first-order valence-corrected chi connectivity index (χ1v) is 8.74. The van der Waals surface area contributed by atoms with E-state index in [0.717, 1.165) is 55.7 Å². The Morgan fingerprint density at radius 3 is 2.96 bits per heavy atom. The normalized spacial score (nSPS) is 19.8. The number of hydrogen-bond donors (Lipinski definition) is 1. The van der Waals surface area contributed by atoms with E-state index in [1.54, 1.807) is 12.3 Å². The largest absolute Gasteiger partial charge is 0.493 e. The van der Waals surface area contributed by atoms with Crippen LogP contribution in [0.15, 0.2) is 42.6 Å². The average molecular weight is 322 g/mol. The van der Waals surface area contributed by atoms with E-state index in [2.05, 4.69) is 22.4 Å². The molecule has 2 aromatic rings. The van der Waals surface area contributed by atoms with Gasteiger partial charge < -0.3 is 10.1 Å². The maximum absolute atomic E-state index is 12.2. The van der Waals surface area contributed by atoms with Gasteiger partial charge in [0, 0.05) is 23.5 Å². The van der Waals surface area contributed by atoms with Gasteiger partial charge in [-0.15, -0.1) is 0 Å². The Bertz CT molecular complexity index is 740. The van der Waals surface area contributed by atoms with E-state index in [1.165, 1.54) is 5.56 Å². The summed E-state index contributed by atoms with van der Waals surface area (Å²) in [6.07, 6.45) is 6.84. The zero-order valence-corrected chi connectivity index (χ0v) is 13.7. The third-order valence-corrected chi connectivity index (χ3v) is 4.75. The van der Waals surface area contributed by atoms with Crippen molar-refractivity contribution >= 4 is 5.91 Å². The summed E-state index contributed by atoms with van der Waals surface area (Å²) in [4.78, 5) is 16.7. The number of benzene rings is 1. The van der Waals surface area contributed by atoms with Crippen LogP contribution in [0.2, 0.25) is 0 Å². The molecule has 0 radical (unpaired) electrons. The maximum atomic E-state index is 12.2. The van der Waals surface area contributed by atoms with Crippen LogP contribution in [0.25, 0.3) is 0 Å². The second-order valence-electron chi connectivity index (χ2n) is 6.80. The van der Waals surface area contributed by atoms with Gasteiger partial charge in [0.15, 0.2) is 0 Å². The van der Waals surface area contributed by atoms with Crippen LogP contribution in [-0.4, -0.2) is 23.5 Å². The highest BCUT2D eigenvalue weighted by molar-refractivity contribution is 5.94. The molecule has 1 aliphatic heterocycles. The van der Waals surface area contributed by atoms with Gasteiger partial charge in [0.2, 0.25) is 0 Å². The molecule has 4 rings (SSSR count). The summed E-state index contributed by atoms with van der Waals surface area (Å²) in [6.45, 7) is 0.740. The maximum Gasteiger partial charge on any atom is 0.251 e. The first kappa shape index (κ1) is 15.2. The van der Waals surface area contributed by atoms with Crippen LogP contribution in [0, 0.1) is 5.92 Å². The molecule has 4 nitrogen and oxygen atoms in total. The van der Waals surface area contributed by atoms with Crippen LogP contribution < -0.4 is 10.1 Å². The van der Waals surface area contributed by atoms with Gasteiger partial charge in [0.1, 0.15) is 5.75 Å². The van der Waals surface area contributed by atoms with E-state index in [1.807, 2.05) is 18.2 Å². The van der Waals surface area contributed by atoms with Crippen LogP contribution in [0.3, 0.4) is 0 Å². The van der Waals surface area contributed by atoms with Crippen molar-refractivity contribution in [2.24, 2.45) is 5.92 Å². The summed E-state index contributed by atoms with van der Waals surface area (Å²) < 4.78 is 5.84. The number of nitrogens with one attached hydrogen (secondary N) is 1. The molecule has 1 atom stereocenters. The summed E-state index contributed by atoms with van der Waals surface area (Å²) >= 11 is 0. The molecular formula is C20H22N2O2. The second kappa shape index (κ2) is 6.63. The zero-order valence-electron chi connectivity index (χ0n) is 13.7. The lowest BCUT2D eigenvalue weighted by atomic mass is 9.92. The monoisotopic (exact) mass is 322 g/mol. The molecule has 1 aromatic heterocycles. The minimum absolute atomic E-state index is 0.0238. The van der Waals surface area contributed by atoms with Gasteiger partial charge >= 0.3 is 0 Å². The minimum Gasteiger partial charge on any atom is -0.493 e. The van der Waals surface area contributed by atoms with Crippen molar-refractivity contribution in [2.75, 3.05) is 6.61 Å². The molecule has 1 saturated carbocycles. The van der Waals surface area contributed by atoms with Crippen LogP contribution in [0.4, 0.5) is 0 Å². The highest BCUT2D eigenvalue weighted by Crippen LogP contribution is 2.28. The molecule has 24 heavy (non-hydrogen) atoms. The predicted octanol–water partition coefficient (Wildman–Crippen LogP) is 3.16. The lowest BCUT2D eigenvalue weighted by molar-refractivity contribution is 0.0951. The molecule has 0 spiro atoms. The van der Waals surface area contributed by atoms with Crippen LogP contribution in [-0.2, 0) is 12.8 Å². The highest BCUT2D eigenvalue weighted by Gasteiger charge is 2.24. The molecule has 2 heterocycles. The van der Waals surface area contributed by atoms with Gasteiger partial charge in [0.05, 0.1) is 6.61 Å². The smallest absolute Gasteiger partial charge is 0.251 e. The van der Waals surface area contributed by atoms with E-state index < -0.39 is 0 Å². The molecule has 124 valence electrons. The summed E-state index contributed by atoms with van der Waals surface area (Å²) in [5, 5.41) is 3.04. The summed E-state index contributed by atoms with van der Waals surface area (Å²) in [7, 11) is 0. The second-order valence-corrected chi connectivity index (χ2v) is 6.80. The van der Waals surface area contributed by atoms with Crippen molar-refractivity contribution in [1.29, 1.82) is 0 Å². The molecule has 2 aliphatic rings. The molecule has 1 fully saturated rings. The fraction of sp³-hybridized carbons (Fsp3) is 0.400. The molecule has 4 heteroatoms. The SMILES string of the molecule is O=C(NC1CC1)c1ccnc(C[C@H]2CCOc3ccccc3C2)c1. The van der Waals surface area contributed by atoms with E-state index in [-0.39, 0.29) is 5.91 Å². The van der Waals surface area contributed by atoms with Crippen LogP contribution in [0.1, 0.15) is 40.9 Å². The van der Waals surface area contributed by atoms with E-state index >= 15 is 0 Å². The average Bonchev–Trinajstić information content (AvgIpc) is 3.41. The van der Waals surface area contributed by atoms with Crippen LogP contribution in [0.5, 0.6) is 5.75 Å². The molecule has 0 saturated heterocycles. The Morgan fingerprint density at radius 1 is 1.21 bits per heavy atom. The lowest BCUT2D eigenvalue weighted by Crippen LogP contribution is -2.25. The third-order valence-electron chi connectivity index (χ3n) is 4.75. The van der Waals surface area contributed by atoms with Crippen molar-refractivity contribution in [3.8, 4) is 5.75 Å². The van der Waals surface area contributed by atoms with Gasteiger partial charge in [-0.3, -0.25) is 9.78 Å². The predicted molar refractivity (Wildman–Crippen MR) is 92.2 cm³/mol. The van der Waals surface area contributed by atoms with Crippen molar-refractivity contribution in [3.05, 3.63) is 59.4 Å². The Kier molecular flexibility index (Phi) is 4.20. The molecule has 1 N–H and O–H groups in total. The molecule has 0 bridgehead atoms. The van der Waals surface area contributed by atoms with E-state index in [9.17, 15) is 4.79 Å². The van der Waals surface area contributed by atoms with Crippen molar-refractivity contribution in [1.82, 2.24) is 10.3 Å². The Hall–Kier alpha value is -2.36. The van der Waals surface area contributed by atoms with Gasteiger partial charge in [-0.2, -0.15) is 0 Å². The number of carbonyl (C=O) groups is 1. The number of nitrogens with zero attached hydrogens (tertiary/aromatic N) is 1. The number of pyridine rings is 1.